The summed E-state index contributed by atoms with van der Waals surface area (Å²) in [6, 6.07) is 178. The van der Waals surface area contributed by atoms with Crippen LogP contribution < -0.4 is 14.7 Å². The van der Waals surface area contributed by atoms with Crippen molar-refractivity contribution in [2.45, 2.75) is 57.8 Å². The van der Waals surface area contributed by atoms with Crippen molar-refractivity contribution in [3.05, 3.63) is 525 Å². The Morgan fingerprint density at radius 3 is 0.853 bits per heavy atom. The molecule has 0 bridgehead atoms. The van der Waals surface area contributed by atoms with Crippen LogP contribution in [0.3, 0.4) is 0 Å². The van der Waals surface area contributed by atoms with E-state index in [1.807, 2.05) is 36.4 Å². The summed E-state index contributed by atoms with van der Waals surface area (Å²) in [5, 5.41) is 11.8. The third-order valence-corrected chi connectivity index (χ3v) is 30.4. The quantitative estimate of drug-likeness (QED) is 0.108. The molecule has 6 heteroatoms. The molecule has 0 radical (unpaired) electrons. The zero-order chi connectivity index (χ0) is 95.8. The summed E-state index contributed by atoms with van der Waals surface area (Å²) < 4.78 is 18.3. The van der Waals surface area contributed by atoms with E-state index in [1.54, 1.807) is 0 Å². The van der Waals surface area contributed by atoms with E-state index in [1.165, 1.54) is 133 Å². The van der Waals surface area contributed by atoms with Crippen LogP contribution >= 0.6 is 0 Å². The van der Waals surface area contributed by atoms with E-state index in [0.29, 0.717) is 0 Å². The maximum atomic E-state index is 6.13. The normalized spacial score (nSPS) is 13.1. The summed E-state index contributed by atoms with van der Waals surface area (Å²) in [4.78, 5) is 7.22. The van der Waals surface area contributed by atoms with Gasteiger partial charge in [0, 0.05) is 99.4 Å². The van der Waals surface area contributed by atoms with E-state index in [2.05, 4.69) is 511 Å². The van der Waals surface area contributed by atoms with E-state index >= 15 is 0 Å². The number of hydrogen-bond donors (Lipinski definition) is 0. The predicted molar refractivity (Wildman–Crippen MR) is 600 cm³/mol. The van der Waals surface area contributed by atoms with Crippen LogP contribution in [0.5, 0.6) is 0 Å². The van der Waals surface area contributed by atoms with Crippen molar-refractivity contribution in [2.75, 3.05) is 14.7 Å². The predicted octanol–water partition coefficient (Wildman–Crippen LogP) is 38.7. The van der Waals surface area contributed by atoms with E-state index < -0.39 is 0 Å². The van der Waals surface area contributed by atoms with Gasteiger partial charge in [-0.15, -0.1) is 0 Å². The molecule has 0 atom stereocenters. The molecule has 3 aromatic heterocycles. The maximum absolute atomic E-state index is 6.13. The fourth-order valence-corrected chi connectivity index (χ4v) is 23.0. The molecule has 22 aromatic carbocycles. The van der Waals surface area contributed by atoms with Gasteiger partial charge in [0.25, 0.3) is 0 Å². The molecule has 25 aromatic rings. The van der Waals surface area contributed by atoms with Gasteiger partial charge in [0.1, 0.15) is 33.5 Å². The molecule has 0 saturated carbocycles. The Labute approximate surface area is 832 Å². The summed E-state index contributed by atoms with van der Waals surface area (Å²) in [6.07, 6.45) is 0. The maximum Gasteiger partial charge on any atom is 0.135 e. The van der Waals surface area contributed by atoms with Crippen molar-refractivity contribution in [2.24, 2.45) is 0 Å². The van der Waals surface area contributed by atoms with Crippen molar-refractivity contribution >= 4 is 139 Å². The summed E-state index contributed by atoms with van der Waals surface area (Å²) in [6.45, 7) is 14.0. The van der Waals surface area contributed by atoms with E-state index in [0.717, 1.165) is 128 Å². The van der Waals surface area contributed by atoms with Crippen LogP contribution in [0.1, 0.15) is 74.9 Å². The average Bonchev–Trinajstić information content (AvgIpc) is 1.61. The highest BCUT2D eigenvalue weighted by atomic mass is 16.3. The number of hydrogen-bond acceptors (Lipinski definition) is 6. The zero-order valence-electron chi connectivity index (χ0n) is 80.3. The zero-order valence-corrected chi connectivity index (χ0v) is 80.3. The number of fused-ring (bicyclic) bond motifs is 20. The molecule has 3 heterocycles. The van der Waals surface area contributed by atoms with Gasteiger partial charge in [0.05, 0.1) is 5.69 Å². The van der Waals surface area contributed by atoms with Gasteiger partial charge in [0.15, 0.2) is 0 Å². The highest BCUT2D eigenvalue weighted by Gasteiger charge is 2.39. The molecule has 3 aliphatic carbocycles. The Bertz CT molecular complexity index is 9250. The third-order valence-electron chi connectivity index (χ3n) is 30.4. The molecular formula is C137H99N3O3. The Morgan fingerprint density at radius 1 is 0.147 bits per heavy atom. The molecule has 0 fully saturated rings. The van der Waals surface area contributed by atoms with E-state index in [-0.39, 0.29) is 16.2 Å². The van der Waals surface area contributed by atoms with Crippen LogP contribution in [0.2, 0.25) is 0 Å². The molecule has 0 unspecified atom stereocenters. The van der Waals surface area contributed by atoms with Crippen molar-refractivity contribution in [3.8, 4) is 89.0 Å². The second kappa shape index (κ2) is 34.3. The first-order chi connectivity index (χ1) is 70.1. The molecule has 3 aliphatic rings. The summed E-state index contributed by atoms with van der Waals surface area (Å²) in [7, 11) is 0. The lowest BCUT2D eigenvalue weighted by atomic mass is 9.82. The lowest BCUT2D eigenvalue weighted by Gasteiger charge is -2.28. The Morgan fingerprint density at radius 2 is 0.434 bits per heavy atom. The highest BCUT2D eigenvalue weighted by Crippen LogP contribution is 2.56. The molecule has 6 nitrogen and oxygen atoms in total. The van der Waals surface area contributed by atoms with Crippen LogP contribution in [0.4, 0.5) is 51.2 Å². The van der Waals surface area contributed by atoms with E-state index in [9.17, 15) is 0 Å². The largest absolute Gasteiger partial charge is 0.456 e. The first-order valence-electron chi connectivity index (χ1n) is 49.5. The second-order valence-corrected chi connectivity index (χ2v) is 39.8. The van der Waals surface area contributed by atoms with Gasteiger partial charge in [-0.05, 0) is 302 Å². The van der Waals surface area contributed by atoms with Gasteiger partial charge in [-0.1, -0.05) is 369 Å². The number of para-hydroxylation sites is 3. The lowest BCUT2D eigenvalue weighted by Crippen LogP contribution is -2.15. The smallest absolute Gasteiger partial charge is 0.135 e. The SMILES string of the molecule is CC1(C)c2ccccc2-c2cc(N(c3ccc(-c4ccc5oc6ccccc6c5c4)cc3)c3cc(-c4ccccc4)cc(-c4ccccc4)c3)ccc21.CC1(C)c2ccccc2-c2cc(N(c3ccc(-c4ccc5oc6ccccc6c5c4)cc3)c3ccc4ccccc4c3)ccc21.CC1(C)c2ccccc2-c2cc(N(c3ccc(-c4ccc5oc6ccccc6c5c4)cc3)c3cccc4ccccc34)ccc21. The topological polar surface area (TPSA) is 49.1 Å². The number of furan rings is 3. The van der Waals surface area contributed by atoms with Crippen LogP contribution in [-0.4, -0.2) is 0 Å². The number of anilines is 9. The third kappa shape index (κ3) is 14.9. The molecular weight excluding hydrogens is 1740 g/mol. The molecule has 143 heavy (non-hydrogen) atoms. The van der Waals surface area contributed by atoms with Crippen LogP contribution in [0.25, 0.3) is 176 Å². The van der Waals surface area contributed by atoms with Crippen molar-refractivity contribution in [1.82, 2.24) is 0 Å². The molecule has 28 rings (SSSR count). The van der Waals surface area contributed by atoms with Crippen molar-refractivity contribution in [3.63, 3.8) is 0 Å². The fraction of sp³-hybridized carbons (Fsp3) is 0.0657. The minimum atomic E-state index is -0.0634. The average molecular weight is 1840 g/mol. The van der Waals surface area contributed by atoms with Gasteiger partial charge in [0.2, 0.25) is 0 Å². The summed E-state index contributed by atoms with van der Waals surface area (Å²) in [5.74, 6) is 0. The molecule has 680 valence electrons. The Balaban J connectivity index is 0.000000110. The Kier molecular flexibility index (Phi) is 20.6. The number of benzene rings is 22. The van der Waals surface area contributed by atoms with Crippen LogP contribution in [0.15, 0.2) is 505 Å². The molecule has 0 N–H and O–H groups in total. The highest BCUT2D eigenvalue weighted by molar-refractivity contribution is 6.10. The second-order valence-electron chi connectivity index (χ2n) is 39.8. The first kappa shape index (κ1) is 85.6. The van der Waals surface area contributed by atoms with Crippen LogP contribution in [0, 0.1) is 0 Å². The van der Waals surface area contributed by atoms with Crippen molar-refractivity contribution < 1.29 is 13.3 Å². The molecule has 0 saturated heterocycles. The van der Waals surface area contributed by atoms with Gasteiger partial charge < -0.3 is 28.0 Å². The van der Waals surface area contributed by atoms with Gasteiger partial charge in [-0.25, -0.2) is 0 Å². The van der Waals surface area contributed by atoms with Gasteiger partial charge in [-0.3, -0.25) is 0 Å². The first-order valence-corrected chi connectivity index (χ1v) is 49.5. The molecule has 0 spiro atoms. The number of nitrogens with zero attached hydrogens (tertiary/aromatic N) is 3. The van der Waals surface area contributed by atoms with E-state index in [4.69, 9.17) is 13.3 Å². The molecule has 0 aliphatic heterocycles. The molecule has 0 amide bonds. The van der Waals surface area contributed by atoms with Gasteiger partial charge in [-0.2, -0.15) is 0 Å². The minimum Gasteiger partial charge on any atom is -0.456 e. The van der Waals surface area contributed by atoms with Gasteiger partial charge >= 0.3 is 0 Å². The monoisotopic (exact) mass is 1830 g/mol. The van der Waals surface area contributed by atoms with Crippen molar-refractivity contribution in [1.29, 1.82) is 0 Å². The lowest BCUT2D eigenvalue weighted by molar-refractivity contribution is 0.660. The Hall–Kier alpha value is -17.8. The summed E-state index contributed by atoms with van der Waals surface area (Å²) >= 11 is 0. The number of rotatable bonds is 14. The minimum absolute atomic E-state index is 0.0265. The fourth-order valence-electron chi connectivity index (χ4n) is 23.0. The standard InChI is InChI=1S/C51H37NO.2C43H31NO/c1-51(2)47-19-11-9-17-43(47)45-33-41(26-27-48(45)51)52(42-30-38(34-13-5-3-6-14-34)29-39(31-42)35-15-7-4-8-16-35)40-24-21-36(22-25-40)37-23-28-50-46(32-37)44-18-10-12-20-49(44)53-50;1-43(2)38-15-7-5-13-34(38)36-27-32(23-24-39(36)43)44(40-16-9-11-29-10-3-4-12-33(29)40)31-21-18-28(19-22-31)30-20-25-42-37(26-30)35-14-6-8-17-41(35)45-42;1-43(2)39-13-7-5-11-35(39)37-27-34(22-23-40(37)43)44(33-21-17-28-9-3-4-10-30(28)25-33)32-19-15-29(16-20-32)31-18-24-42-38(26-31)36-12-6-8-14-41(36)45-42/h3-33H,1-2H3;2*3-27H,1-2H3. The van der Waals surface area contributed by atoms with Crippen LogP contribution in [-0.2, 0) is 16.2 Å². The summed E-state index contributed by atoms with van der Waals surface area (Å²) in [5.41, 5.74) is 43.5.